The first-order valence-corrected chi connectivity index (χ1v) is 14.2. The molecule has 0 atom stereocenters. The lowest BCUT2D eigenvalue weighted by molar-refractivity contribution is 1.18. The van der Waals surface area contributed by atoms with Crippen molar-refractivity contribution in [3.05, 3.63) is 138 Å². The molecule has 0 bridgehead atoms. The molecule has 39 heavy (non-hydrogen) atoms. The number of hydrogen-bond donors (Lipinski definition) is 0. The van der Waals surface area contributed by atoms with E-state index in [9.17, 15) is 0 Å². The molecule has 0 saturated heterocycles. The van der Waals surface area contributed by atoms with E-state index >= 15 is 0 Å². The van der Waals surface area contributed by atoms with E-state index in [1.807, 2.05) is 23.5 Å². The topological polar surface area (TPSA) is 4.93 Å². The average molecular weight is 536 g/mol. The van der Waals surface area contributed by atoms with Crippen LogP contribution < -0.4 is 0 Å². The zero-order valence-corrected chi connectivity index (χ0v) is 22.5. The van der Waals surface area contributed by atoms with Gasteiger partial charge in [0.15, 0.2) is 0 Å². The summed E-state index contributed by atoms with van der Waals surface area (Å²) in [5, 5.41) is 5.89. The summed E-state index contributed by atoms with van der Waals surface area (Å²) in [5.74, 6) is 0. The molecule has 2 heterocycles. The Morgan fingerprint density at radius 1 is 0.487 bits per heavy atom. The van der Waals surface area contributed by atoms with Crippen LogP contribution in [0.15, 0.2) is 133 Å². The maximum atomic E-state index is 6.30. The molecule has 0 amide bonds. The third-order valence-corrected chi connectivity index (χ3v) is 9.07. The Labute approximate surface area is 235 Å². The van der Waals surface area contributed by atoms with Gasteiger partial charge in [0, 0.05) is 41.5 Å². The SMILES string of the molecule is Clc1ccc(-c2cccc(-n3c4ccccc4c4ccccc43)c2-c2ccc3c(c2)sc2ccccc23)cc1. The summed E-state index contributed by atoms with van der Waals surface area (Å²) in [6.45, 7) is 0. The van der Waals surface area contributed by atoms with E-state index in [-0.39, 0.29) is 0 Å². The molecule has 0 radical (unpaired) electrons. The highest BCUT2D eigenvalue weighted by Gasteiger charge is 2.19. The maximum Gasteiger partial charge on any atom is 0.0546 e. The van der Waals surface area contributed by atoms with Crippen molar-refractivity contribution < 1.29 is 0 Å². The minimum Gasteiger partial charge on any atom is -0.309 e. The lowest BCUT2D eigenvalue weighted by atomic mass is 9.92. The quantitative estimate of drug-likeness (QED) is 0.212. The van der Waals surface area contributed by atoms with Crippen molar-refractivity contribution in [2.75, 3.05) is 0 Å². The molecule has 6 aromatic carbocycles. The van der Waals surface area contributed by atoms with E-state index in [0.717, 1.165) is 10.6 Å². The van der Waals surface area contributed by atoms with Gasteiger partial charge < -0.3 is 4.57 Å². The van der Waals surface area contributed by atoms with Gasteiger partial charge in [-0.25, -0.2) is 0 Å². The molecular formula is C36H22ClNS. The van der Waals surface area contributed by atoms with Crippen LogP contribution in [-0.2, 0) is 0 Å². The highest BCUT2D eigenvalue weighted by atomic mass is 35.5. The van der Waals surface area contributed by atoms with Crippen molar-refractivity contribution in [2.24, 2.45) is 0 Å². The molecule has 0 unspecified atom stereocenters. The zero-order valence-electron chi connectivity index (χ0n) is 20.9. The van der Waals surface area contributed by atoms with Crippen LogP contribution in [0.4, 0.5) is 0 Å². The normalized spacial score (nSPS) is 11.7. The first-order chi connectivity index (χ1) is 19.3. The number of para-hydroxylation sites is 2. The first-order valence-electron chi connectivity index (χ1n) is 13.1. The molecule has 3 heteroatoms. The molecule has 0 aliphatic carbocycles. The number of benzene rings is 6. The van der Waals surface area contributed by atoms with Crippen molar-refractivity contribution in [3.8, 4) is 27.9 Å². The number of thiophene rings is 1. The molecule has 1 nitrogen and oxygen atoms in total. The van der Waals surface area contributed by atoms with Crippen molar-refractivity contribution in [1.29, 1.82) is 0 Å². The Morgan fingerprint density at radius 3 is 1.85 bits per heavy atom. The van der Waals surface area contributed by atoms with E-state index in [2.05, 4.69) is 126 Å². The lowest BCUT2D eigenvalue weighted by Crippen LogP contribution is -1.99. The van der Waals surface area contributed by atoms with Crippen LogP contribution in [-0.4, -0.2) is 4.57 Å². The van der Waals surface area contributed by atoms with Gasteiger partial charge >= 0.3 is 0 Å². The summed E-state index contributed by atoms with van der Waals surface area (Å²) in [5.41, 5.74) is 8.33. The van der Waals surface area contributed by atoms with Gasteiger partial charge in [-0.3, -0.25) is 0 Å². The van der Waals surface area contributed by atoms with Gasteiger partial charge in [-0.15, -0.1) is 11.3 Å². The van der Waals surface area contributed by atoms with Gasteiger partial charge in [0.25, 0.3) is 0 Å². The van der Waals surface area contributed by atoms with E-state index in [0.29, 0.717) is 0 Å². The molecule has 2 aromatic heterocycles. The van der Waals surface area contributed by atoms with Gasteiger partial charge in [0.1, 0.15) is 0 Å². The molecule has 0 N–H and O–H groups in total. The van der Waals surface area contributed by atoms with Gasteiger partial charge in [-0.05, 0) is 59.2 Å². The second kappa shape index (κ2) is 8.84. The van der Waals surface area contributed by atoms with Crippen molar-refractivity contribution in [1.82, 2.24) is 4.57 Å². The smallest absolute Gasteiger partial charge is 0.0546 e. The molecule has 0 aliphatic rings. The van der Waals surface area contributed by atoms with Gasteiger partial charge in [-0.2, -0.15) is 0 Å². The molecule has 0 spiro atoms. The highest BCUT2D eigenvalue weighted by molar-refractivity contribution is 7.25. The van der Waals surface area contributed by atoms with Crippen molar-refractivity contribution in [2.45, 2.75) is 0 Å². The number of rotatable bonds is 3. The molecular weight excluding hydrogens is 514 g/mol. The van der Waals surface area contributed by atoms with Crippen LogP contribution in [0.5, 0.6) is 0 Å². The molecule has 8 aromatic rings. The molecule has 0 fully saturated rings. The largest absolute Gasteiger partial charge is 0.309 e. The lowest BCUT2D eigenvalue weighted by Gasteiger charge is -2.18. The fraction of sp³-hybridized carbons (Fsp3) is 0. The van der Waals surface area contributed by atoms with Crippen molar-refractivity contribution in [3.63, 3.8) is 0 Å². The summed E-state index contributed by atoms with van der Waals surface area (Å²) in [6, 6.07) is 47.9. The van der Waals surface area contributed by atoms with Crippen LogP contribution in [0.25, 0.3) is 69.9 Å². The molecule has 184 valence electrons. The Kier molecular flexibility index (Phi) is 5.12. The minimum atomic E-state index is 0.741. The van der Waals surface area contributed by atoms with Crippen LogP contribution in [0, 0.1) is 0 Å². The summed E-state index contributed by atoms with van der Waals surface area (Å²) >= 11 is 8.16. The Bertz CT molecular complexity index is 2130. The fourth-order valence-electron chi connectivity index (χ4n) is 5.96. The van der Waals surface area contributed by atoms with E-state index < -0.39 is 0 Å². The summed E-state index contributed by atoms with van der Waals surface area (Å²) in [7, 11) is 0. The molecule has 0 aliphatic heterocycles. The van der Waals surface area contributed by atoms with Crippen LogP contribution in [0.1, 0.15) is 0 Å². The van der Waals surface area contributed by atoms with E-state index in [1.54, 1.807) is 0 Å². The second-order valence-electron chi connectivity index (χ2n) is 9.89. The van der Waals surface area contributed by atoms with Crippen LogP contribution in [0.2, 0.25) is 5.02 Å². The summed E-state index contributed by atoms with van der Waals surface area (Å²) in [6.07, 6.45) is 0. The molecule has 0 saturated carbocycles. The average Bonchev–Trinajstić information content (AvgIpc) is 3.52. The van der Waals surface area contributed by atoms with Gasteiger partial charge in [0.2, 0.25) is 0 Å². The third kappa shape index (κ3) is 3.53. The maximum absolute atomic E-state index is 6.30. The monoisotopic (exact) mass is 535 g/mol. The predicted molar refractivity (Wildman–Crippen MR) is 170 cm³/mol. The molecule has 8 rings (SSSR count). The van der Waals surface area contributed by atoms with E-state index in [1.165, 1.54) is 64.4 Å². The van der Waals surface area contributed by atoms with Crippen LogP contribution >= 0.6 is 22.9 Å². The van der Waals surface area contributed by atoms with Crippen molar-refractivity contribution >= 4 is 64.9 Å². The van der Waals surface area contributed by atoms with Gasteiger partial charge in [-0.1, -0.05) is 103 Å². The number of aromatic nitrogens is 1. The Hall–Kier alpha value is -4.37. The number of fused-ring (bicyclic) bond motifs is 6. The zero-order chi connectivity index (χ0) is 25.9. The number of hydrogen-bond acceptors (Lipinski definition) is 1. The summed E-state index contributed by atoms with van der Waals surface area (Å²) in [4.78, 5) is 0. The highest BCUT2D eigenvalue weighted by Crippen LogP contribution is 2.43. The number of halogens is 1. The third-order valence-electron chi connectivity index (χ3n) is 7.69. The van der Waals surface area contributed by atoms with Gasteiger partial charge in [0.05, 0.1) is 16.7 Å². The minimum absolute atomic E-state index is 0.741. The Morgan fingerprint density at radius 2 is 1.10 bits per heavy atom. The van der Waals surface area contributed by atoms with E-state index in [4.69, 9.17) is 11.6 Å². The standard InChI is InChI=1S/C36H22ClNS/c37-25-19-16-23(17-20-25)26-11-7-14-33(38-31-12-4-1-8-27(31)28-9-2-5-13-32(28)38)36(26)24-18-21-30-29-10-3-6-15-34(29)39-35(30)22-24/h1-22H. The predicted octanol–water partition coefficient (Wildman–Crippen LogP) is 11.1. The fourth-order valence-corrected chi connectivity index (χ4v) is 7.23. The second-order valence-corrected chi connectivity index (χ2v) is 11.4. The number of nitrogens with zero attached hydrogens (tertiary/aromatic N) is 1. The first kappa shape index (κ1) is 22.6. The summed E-state index contributed by atoms with van der Waals surface area (Å²) < 4.78 is 5.04. The van der Waals surface area contributed by atoms with Crippen LogP contribution in [0.3, 0.4) is 0 Å². The Balaban J connectivity index is 1.49.